The Bertz CT molecular complexity index is 310. The van der Waals surface area contributed by atoms with Crippen LogP contribution in [0.3, 0.4) is 0 Å². The summed E-state index contributed by atoms with van der Waals surface area (Å²) in [5.41, 5.74) is 2.90. The maximum absolute atomic E-state index is 4.93. The third-order valence-electron chi connectivity index (χ3n) is 2.34. The van der Waals surface area contributed by atoms with Crippen LogP contribution in [0.5, 0.6) is 0 Å². The van der Waals surface area contributed by atoms with Gasteiger partial charge in [-0.25, -0.2) is 0 Å². The van der Waals surface area contributed by atoms with Crippen LogP contribution in [0.25, 0.3) is 6.08 Å². The zero-order chi connectivity index (χ0) is 10.4. The predicted molar refractivity (Wildman–Crippen MR) is 60.2 cm³/mol. The van der Waals surface area contributed by atoms with E-state index in [9.17, 15) is 0 Å². The van der Waals surface area contributed by atoms with Crippen molar-refractivity contribution < 1.29 is 20.8 Å². The monoisotopic (exact) mass is 304 g/mol. The van der Waals surface area contributed by atoms with E-state index in [1.807, 2.05) is 0 Å². The third kappa shape index (κ3) is 3.22. The van der Waals surface area contributed by atoms with Crippen molar-refractivity contribution in [3.05, 3.63) is 41.5 Å². The standard InChI is InChI=1S/C11H12.2ClH.Zr/c1-2-9-7-8-10-5-3-4-6-11(9)10;;;/h3-9H,2H2,1H3;2*1H;/q;;;+2/p-2. The van der Waals surface area contributed by atoms with Gasteiger partial charge in [0.15, 0.2) is 0 Å². The van der Waals surface area contributed by atoms with Crippen LogP contribution in [-0.4, -0.2) is 0 Å². The van der Waals surface area contributed by atoms with Crippen molar-refractivity contribution in [2.24, 2.45) is 0 Å². The van der Waals surface area contributed by atoms with Crippen LogP contribution in [-0.2, 0) is 20.8 Å². The van der Waals surface area contributed by atoms with Crippen molar-refractivity contribution in [3.63, 3.8) is 0 Å². The number of fused-ring (bicyclic) bond motifs is 1. The molecule has 1 aliphatic carbocycles. The van der Waals surface area contributed by atoms with Crippen molar-refractivity contribution in [1.29, 1.82) is 0 Å². The summed E-state index contributed by atoms with van der Waals surface area (Å²) in [6.07, 6.45) is 5.74. The van der Waals surface area contributed by atoms with Gasteiger partial charge in [-0.2, -0.15) is 0 Å². The number of halogens is 2. The molecule has 0 fully saturated rings. The first-order chi connectivity index (χ1) is 6.83. The van der Waals surface area contributed by atoms with E-state index in [4.69, 9.17) is 17.0 Å². The molecule has 0 heterocycles. The summed E-state index contributed by atoms with van der Waals surface area (Å²) in [6.45, 7) is 2.23. The van der Waals surface area contributed by atoms with Crippen LogP contribution in [0.1, 0.15) is 30.4 Å². The summed E-state index contributed by atoms with van der Waals surface area (Å²) >= 11 is -0.826. The van der Waals surface area contributed by atoms with Crippen molar-refractivity contribution in [1.82, 2.24) is 0 Å². The normalized spacial score (nSPS) is 16.9. The molecule has 1 aromatic rings. The number of hydrogen-bond donors (Lipinski definition) is 0. The molecular formula is C11H12Cl2Zr. The molecule has 0 spiro atoms. The summed E-state index contributed by atoms with van der Waals surface area (Å²) in [7, 11) is 9.87. The predicted octanol–water partition coefficient (Wildman–Crippen LogP) is 4.58. The molecule has 0 saturated heterocycles. The van der Waals surface area contributed by atoms with Gasteiger partial charge in [0.25, 0.3) is 0 Å². The fourth-order valence-corrected chi connectivity index (χ4v) is 1.68. The molecule has 1 atom stereocenters. The average molecular weight is 306 g/mol. The fourth-order valence-electron chi connectivity index (χ4n) is 1.68. The van der Waals surface area contributed by atoms with E-state index in [1.165, 1.54) is 17.5 Å². The van der Waals surface area contributed by atoms with E-state index in [1.54, 1.807) is 0 Å². The molecule has 0 radical (unpaired) electrons. The fraction of sp³-hybridized carbons (Fsp3) is 0.273. The molecule has 0 bridgehead atoms. The Balaban J connectivity index is 0.000000293. The van der Waals surface area contributed by atoms with Gasteiger partial charge >= 0.3 is 37.9 Å². The van der Waals surface area contributed by atoms with Gasteiger partial charge in [0.05, 0.1) is 0 Å². The second-order valence-electron chi connectivity index (χ2n) is 3.07. The van der Waals surface area contributed by atoms with Crippen LogP contribution in [0.4, 0.5) is 0 Å². The molecule has 0 nitrogen and oxygen atoms in total. The molecular weight excluding hydrogens is 294 g/mol. The van der Waals surface area contributed by atoms with Crippen LogP contribution in [0.2, 0.25) is 0 Å². The van der Waals surface area contributed by atoms with Crippen LogP contribution < -0.4 is 0 Å². The van der Waals surface area contributed by atoms with E-state index in [0.717, 1.165) is 0 Å². The van der Waals surface area contributed by atoms with Gasteiger partial charge in [0.1, 0.15) is 0 Å². The number of rotatable bonds is 1. The Morgan fingerprint density at radius 2 is 1.93 bits per heavy atom. The second kappa shape index (κ2) is 6.82. The summed E-state index contributed by atoms with van der Waals surface area (Å²) < 4.78 is 0. The Morgan fingerprint density at radius 3 is 2.57 bits per heavy atom. The summed E-state index contributed by atoms with van der Waals surface area (Å²) in [6, 6.07) is 8.63. The van der Waals surface area contributed by atoms with Gasteiger partial charge in [-0.05, 0) is 17.5 Å². The topological polar surface area (TPSA) is 0 Å². The molecule has 0 aliphatic heterocycles. The van der Waals surface area contributed by atoms with Gasteiger partial charge < -0.3 is 0 Å². The van der Waals surface area contributed by atoms with Crippen molar-refractivity contribution >= 4 is 23.1 Å². The first-order valence-corrected chi connectivity index (χ1v) is 10.9. The Kier molecular flexibility index (Phi) is 6.09. The molecule has 0 N–H and O–H groups in total. The molecule has 2 rings (SSSR count). The van der Waals surface area contributed by atoms with E-state index in [0.29, 0.717) is 5.92 Å². The first-order valence-electron chi connectivity index (χ1n) is 4.56. The van der Waals surface area contributed by atoms with Gasteiger partial charge in [-0.15, -0.1) is 0 Å². The van der Waals surface area contributed by atoms with E-state index in [2.05, 4.69) is 43.3 Å². The molecule has 1 aromatic carbocycles. The van der Waals surface area contributed by atoms with Crippen LogP contribution in [0, 0.1) is 0 Å². The number of allylic oxidation sites excluding steroid dienone is 1. The average Bonchev–Trinajstić information content (AvgIpc) is 2.62. The van der Waals surface area contributed by atoms with Crippen molar-refractivity contribution in [2.75, 3.05) is 0 Å². The van der Waals surface area contributed by atoms with Gasteiger partial charge in [0.2, 0.25) is 0 Å². The van der Waals surface area contributed by atoms with Crippen LogP contribution >= 0.6 is 17.0 Å². The Morgan fingerprint density at radius 1 is 1.29 bits per heavy atom. The molecule has 14 heavy (non-hydrogen) atoms. The van der Waals surface area contributed by atoms with E-state index in [-0.39, 0.29) is 0 Å². The molecule has 3 heteroatoms. The van der Waals surface area contributed by atoms with E-state index < -0.39 is 20.8 Å². The van der Waals surface area contributed by atoms with Gasteiger partial charge in [0, 0.05) is 5.92 Å². The molecule has 0 saturated carbocycles. The molecule has 1 aliphatic rings. The number of benzene rings is 1. The minimum atomic E-state index is -0.826. The minimum absolute atomic E-state index is 0.672. The van der Waals surface area contributed by atoms with Gasteiger partial charge in [-0.1, -0.05) is 43.3 Å². The quantitative estimate of drug-likeness (QED) is 0.712. The van der Waals surface area contributed by atoms with Crippen molar-refractivity contribution in [3.8, 4) is 0 Å². The summed E-state index contributed by atoms with van der Waals surface area (Å²) in [5.74, 6) is 0.672. The first kappa shape index (κ1) is 12.5. The van der Waals surface area contributed by atoms with Gasteiger partial charge in [-0.3, -0.25) is 0 Å². The van der Waals surface area contributed by atoms with Crippen molar-refractivity contribution in [2.45, 2.75) is 19.3 Å². The SMILES string of the molecule is CCC1C=Cc2ccccc21.[Cl][Zr][Cl]. The molecule has 0 aromatic heterocycles. The van der Waals surface area contributed by atoms with Crippen LogP contribution in [0.15, 0.2) is 30.3 Å². The molecule has 74 valence electrons. The molecule has 0 amide bonds. The Hall–Kier alpha value is 0.423. The number of hydrogen-bond acceptors (Lipinski definition) is 0. The Labute approximate surface area is 104 Å². The third-order valence-corrected chi connectivity index (χ3v) is 2.34. The summed E-state index contributed by atoms with van der Waals surface area (Å²) in [4.78, 5) is 0. The van der Waals surface area contributed by atoms with E-state index >= 15 is 0 Å². The maximum atomic E-state index is 4.93. The zero-order valence-corrected chi connectivity index (χ0v) is 12.0. The molecule has 1 unspecified atom stereocenters. The zero-order valence-electron chi connectivity index (χ0n) is 8.00. The summed E-state index contributed by atoms with van der Waals surface area (Å²) in [5, 5.41) is 0. The second-order valence-corrected chi connectivity index (χ2v) is 6.81.